The fourth-order valence-electron chi connectivity index (χ4n) is 3.64. The fourth-order valence-corrected chi connectivity index (χ4v) is 3.64. The van der Waals surface area contributed by atoms with Gasteiger partial charge in [0.2, 0.25) is 5.91 Å². The van der Waals surface area contributed by atoms with Gasteiger partial charge in [-0.3, -0.25) is 4.79 Å². The highest BCUT2D eigenvalue weighted by Gasteiger charge is 2.14. The van der Waals surface area contributed by atoms with Gasteiger partial charge in [-0.25, -0.2) is 0 Å². The smallest absolute Gasteiger partial charge is 0.220 e. The fraction of sp³-hybridized carbons (Fsp3) is 0.944. The summed E-state index contributed by atoms with van der Waals surface area (Å²) < 4.78 is 0. The summed E-state index contributed by atoms with van der Waals surface area (Å²) >= 11 is 0. The third-order valence-corrected chi connectivity index (χ3v) is 5.16. The van der Waals surface area contributed by atoms with Gasteiger partial charge in [0.25, 0.3) is 0 Å². The zero-order valence-electron chi connectivity index (χ0n) is 14.2. The highest BCUT2D eigenvalue weighted by molar-refractivity contribution is 5.75. The second-order valence-electron chi connectivity index (χ2n) is 7.04. The number of amides is 1. The first kappa shape index (κ1) is 17.7. The third kappa shape index (κ3) is 7.59. The van der Waals surface area contributed by atoms with Gasteiger partial charge in [-0.2, -0.15) is 0 Å². The van der Waals surface area contributed by atoms with E-state index in [-0.39, 0.29) is 5.91 Å². The molecule has 1 amide bonds. The average Bonchev–Trinajstić information content (AvgIpc) is 2.58. The Balaban J connectivity index is 1.38. The Kier molecular flexibility index (Phi) is 8.88. The molecule has 22 heavy (non-hydrogen) atoms. The van der Waals surface area contributed by atoms with E-state index in [1.165, 1.54) is 64.6 Å². The van der Waals surface area contributed by atoms with Crippen LogP contribution in [0.4, 0.5) is 0 Å². The summed E-state index contributed by atoms with van der Waals surface area (Å²) in [4.78, 5) is 14.4. The van der Waals surface area contributed by atoms with Gasteiger partial charge in [0.1, 0.15) is 0 Å². The summed E-state index contributed by atoms with van der Waals surface area (Å²) in [7, 11) is 0. The number of likely N-dealkylation sites (tertiary alicyclic amines) is 1. The molecule has 0 aromatic rings. The summed E-state index contributed by atoms with van der Waals surface area (Å²) in [5.41, 5.74) is 0. The number of nitrogens with zero attached hydrogens (tertiary/aromatic N) is 1. The lowest BCUT2D eigenvalue weighted by molar-refractivity contribution is -0.121. The van der Waals surface area contributed by atoms with Crippen molar-refractivity contribution in [1.82, 2.24) is 15.5 Å². The van der Waals surface area contributed by atoms with Crippen molar-refractivity contribution in [3.05, 3.63) is 0 Å². The lowest BCUT2D eigenvalue weighted by Crippen LogP contribution is -2.31. The van der Waals surface area contributed by atoms with Crippen LogP contribution in [0.25, 0.3) is 0 Å². The molecule has 0 unspecified atom stereocenters. The lowest BCUT2D eigenvalue weighted by Gasteiger charge is -2.26. The van der Waals surface area contributed by atoms with Crippen molar-refractivity contribution in [3.8, 4) is 0 Å². The van der Waals surface area contributed by atoms with Gasteiger partial charge in [-0.1, -0.05) is 12.8 Å². The molecule has 0 aromatic carbocycles. The zero-order valence-corrected chi connectivity index (χ0v) is 14.2. The molecule has 2 aliphatic heterocycles. The minimum atomic E-state index is 0.259. The molecule has 2 N–H and O–H groups in total. The molecule has 4 heteroatoms. The van der Waals surface area contributed by atoms with Crippen molar-refractivity contribution < 1.29 is 4.79 Å². The number of carbonyl (C=O) groups is 1. The molecule has 2 aliphatic rings. The molecular formula is C18H35N3O. The summed E-state index contributed by atoms with van der Waals surface area (Å²) in [6, 6.07) is 0. The molecule has 0 radical (unpaired) electrons. The van der Waals surface area contributed by atoms with E-state index in [2.05, 4.69) is 15.5 Å². The molecule has 128 valence electrons. The maximum absolute atomic E-state index is 11.8. The van der Waals surface area contributed by atoms with Crippen LogP contribution in [0.15, 0.2) is 0 Å². The van der Waals surface area contributed by atoms with Crippen LogP contribution in [0, 0.1) is 5.92 Å². The van der Waals surface area contributed by atoms with E-state index in [1.807, 2.05) is 0 Å². The molecule has 0 aromatic heterocycles. The maximum atomic E-state index is 11.8. The van der Waals surface area contributed by atoms with Crippen LogP contribution in [-0.2, 0) is 4.79 Å². The van der Waals surface area contributed by atoms with E-state index in [9.17, 15) is 4.79 Å². The minimum Gasteiger partial charge on any atom is -0.356 e. The number of hydrogen-bond acceptors (Lipinski definition) is 3. The topological polar surface area (TPSA) is 44.4 Å². The van der Waals surface area contributed by atoms with Gasteiger partial charge in [-0.15, -0.1) is 0 Å². The molecular weight excluding hydrogens is 274 g/mol. The molecule has 0 saturated carbocycles. The van der Waals surface area contributed by atoms with Crippen LogP contribution in [-0.4, -0.2) is 50.1 Å². The Labute approximate surface area is 136 Å². The Morgan fingerprint density at radius 2 is 1.82 bits per heavy atom. The Bertz CT molecular complexity index is 297. The van der Waals surface area contributed by atoms with Crippen LogP contribution >= 0.6 is 0 Å². The van der Waals surface area contributed by atoms with Gasteiger partial charge in [0.15, 0.2) is 0 Å². The van der Waals surface area contributed by atoms with E-state index in [0.29, 0.717) is 0 Å². The molecule has 0 atom stereocenters. The SMILES string of the molecule is O=C(CCC1CCNCC1)NCCCCCN1CCCCC1. The van der Waals surface area contributed by atoms with Crippen LogP contribution < -0.4 is 10.6 Å². The van der Waals surface area contributed by atoms with E-state index < -0.39 is 0 Å². The van der Waals surface area contributed by atoms with Crippen molar-refractivity contribution in [1.29, 1.82) is 0 Å². The average molecular weight is 309 g/mol. The highest BCUT2D eigenvalue weighted by Crippen LogP contribution is 2.17. The van der Waals surface area contributed by atoms with Crippen LogP contribution in [0.1, 0.15) is 64.2 Å². The van der Waals surface area contributed by atoms with Gasteiger partial charge in [0.05, 0.1) is 0 Å². The van der Waals surface area contributed by atoms with Crippen molar-refractivity contribution in [2.24, 2.45) is 5.92 Å². The van der Waals surface area contributed by atoms with Crippen molar-refractivity contribution >= 4 is 5.91 Å². The van der Waals surface area contributed by atoms with Gasteiger partial charge in [0, 0.05) is 13.0 Å². The summed E-state index contributed by atoms with van der Waals surface area (Å²) in [5.74, 6) is 1.02. The van der Waals surface area contributed by atoms with E-state index in [0.717, 1.165) is 44.8 Å². The van der Waals surface area contributed by atoms with Gasteiger partial charge in [-0.05, 0) is 83.6 Å². The largest absolute Gasteiger partial charge is 0.356 e. The Morgan fingerprint density at radius 1 is 1.05 bits per heavy atom. The number of carbonyl (C=O) groups excluding carboxylic acids is 1. The maximum Gasteiger partial charge on any atom is 0.220 e. The molecule has 0 aliphatic carbocycles. The van der Waals surface area contributed by atoms with Gasteiger partial charge >= 0.3 is 0 Å². The monoisotopic (exact) mass is 309 g/mol. The first-order valence-corrected chi connectivity index (χ1v) is 9.54. The number of hydrogen-bond donors (Lipinski definition) is 2. The van der Waals surface area contributed by atoms with Crippen LogP contribution in [0.2, 0.25) is 0 Å². The second-order valence-corrected chi connectivity index (χ2v) is 7.04. The first-order chi connectivity index (χ1) is 10.8. The van der Waals surface area contributed by atoms with Crippen molar-refractivity contribution in [2.45, 2.75) is 64.2 Å². The first-order valence-electron chi connectivity index (χ1n) is 9.54. The molecule has 2 rings (SSSR count). The zero-order chi connectivity index (χ0) is 15.5. The number of nitrogens with one attached hydrogen (secondary N) is 2. The Hall–Kier alpha value is -0.610. The molecule has 2 saturated heterocycles. The predicted octanol–water partition coefficient (Wildman–Crippen LogP) is 2.54. The third-order valence-electron chi connectivity index (χ3n) is 5.16. The molecule has 4 nitrogen and oxygen atoms in total. The predicted molar refractivity (Wildman–Crippen MR) is 92.0 cm³/mol. The number of rotatable bonds is 9. The van der Waals surface area contributed by atoms with Crippen LogP contribution in [0.3, 0.4) is 0 Å². The van der Waals surface area contributed by atoms with E-state index in [1.54, 1.807) is 0 Å². The minimum absolute atomic E-state index is 0.259. The summed E-state index contributed by atoms with van der Waals surface area (Å²) in [6.45, 7) is 6.97. The molecule has 0 spiro atoms. The van der Waals surface area contributed by atoms with E-state index >= 15 is 0 Å². The molecule has 2 fully saturated rings. The van der Waals surface area contributed by atoms with Crippen molar-refractivity contribution in [3.63, 3.8) is 0 Å². The summed E-state index contributed by atoms with van der Waals surface area (Å²) in [6.07, 6.45) is 12.1. The number of unbranched alkanes of at least 4 members (excludes halogenated alkanes) is 2. The lowest BCUT2D eigenvalue weighted by atomic mass is 9.93. The normalized spacial score (nSPS) is 20.9. The van der Waals surface area contributed by atoms with Crippen LogP contribution in [0.5, 0.6) is 0 Å². The highest BCUT2D eigenvalue weighted by atomic mass is 16.1. The quantitative estimate of drug-likeness (QED) is 0.643. The summed E-state index contributed by atoms with van der Waals surface area (Å²) in [5, 5.41) is 6.47. The Morgan fingerprint density at radius 3 is 2.59 bits per heavy atom. The standard InChI is InChI=1S/C18H35N3O/c22-18(8-7-17-9-12-19-13-10-17)20-11-3-1-4-14-21-15-5-2-6-16-21/h17,19H,1-16H2,(H,20,22). The number of piperidine rings is 2. The van der Waals surface area contributed by atoms with Crippen molar-refractivity contribution in [2.75, 3.05) is 39.3 Å². The van der Waals surface area contributed by atoms with Gasteiger partial charge < -0.3 is 15.5 Å². The molecule has 2 heterocycles. The molecule has 0 bridgehead atoms. The second kappa shape index (κ2) is 11.0. The van der Waals surface area contributed by atoms with E-state index in [4.69, 9.17) is 0 Å².